The molecule has 1 fully saturated rings. The Morgan fingerprint density at radius 3 is 2.74 bits per heavy atom. The molecule has 1 atom stereocenters. The van der Waals surface area contributed by atoms with E-state index in [1.807, 2.05) is 25.7 Å². The molecule has 2 rings (SSSR count). The Kier molecular flexibility index (Phi) is 5.99. The summed E-state index contributed by atoms with van der Waals surface area (Å²) in [5, 5.41) is 0. The van der Waals surface area contributed by atoms with E-state index in [1.54, 1.807) is 18.3 Å². The van der Waals surface area contributed by atoms with Crippen molar-refractivity contribution in [2.45, 2.75) is 46.1 Å². The van der Waals surface area contributed by atoms with E-state index in [9.17, 15) is 4.79 Å². The Balaban J connectivity index is 1.83. The largest absolute Gasteiger partial charge is 0.475 e. The van der Waals surface area contributed by atoms with E-state index in [0.717, 1.165) is 19.5 Å². The van der Waals surface area contributed by atoms with Crippen molar-refractivity contribution in [1.29, 1.82) is 0 Å². The van der Waals surface area contributed by atoms with Crippen molar-refractivity contribution in [3.63, 3.8) is 0 Å². The summed E-state index contributed by atoms with van der Waals surface area (Å²) in [5.41, 5.74) is 0.455. The Hall–Kier alpha value is -1.62. The first-order valence-corrected chi connectivity index (χ1v) is 8.37. The van der Waals surface area contributed by atoms with Gasteiger partial charge in [-0.3, -0.25) is 4.79 Å². The minimum atomic E-state index is -0.168. The third-order valence-electron chi connectivity index (χ3n) is 3.80. The van der Waals surface area contributed by atoms with Crippen molar-refractivity contribution in [2.24, 2.45) is 5.92 Å². The summed E-state index contributed by atoms with van der Waals surface area (Å²) in [6.07, 6.45) is 3.88. The molecule has 0 spiro atoms. The molecule has 23 heavy (non-hydrogen) atoms. The molecular weight excluding hydrogens is 292 g/mol. The van der Waals surface area contributed by atoms with Gasteiger partial charge in [-0.25, -0.2) is 4.98 Å². The van der Waals surface area contributed by atoms with E-state index in [0.29, 0.717) is 30.6 Å². The number of hydrogen-bond acceptors (Lipinski definition) is 4. The first-order valence-electron chi connectivity index (χ1n) is 8.37. The molecular formula is C18H28N2O3. The molecule has 1 aliphatic rings. The number of nitrogens with zero attached hydrogens (tertiary/aromatic N) is 2. The predicted molar refractivity (Wildman–Crippen MR) is 89.7 cm³/mol. The van der Waals surface area contributed by atoms with Gasteiger partial charge in [0.05, 0.1) is 17.8 Å². The highest BCUT2D eigenvalue weighted by molar-refractivity contribution is 5.94. The van der Waals surface area contributed by atoms with E-state index in [4.69, 9.17) is 9.47 Å². The van der Waals surface area contributed by atoms with Crippen molar-refractivity contribution in [3.05, 3.63) is 23.9 Å². The van der Waals surface area contributed by atoms with Crippen molar-refractivity contribution >= 4 is 5.91 Å². The second kappa shape index (κ2) is 7.77. The first-order chi connectivity index (χ1) is 10.8. The van der Waals surface area contributed by atoms with Crippen LogP contribution in [0, 0.1) is 5.92 Å². The fraction of sp³-hybridized carbons (Fsp3) is 0.667. The number of rotatable bonds is 5. The molecule has 128 valence electrons. The molecule has 5 nitrogen and oxygen atoms in total. The van der Waals surface area contributed by atoms with Crippen LogP contribution in [0.4, 0.5) is 0 Å². The number of amides is 1. The van der Waals surface area contributed by atoms with Crippen molar-refractivity contribution in [3.8, 4) is 5.88 Å². The molecule has 0 radical (unpaired) electrons. The van der Waals surface area contributed by atoms with Gasteiger partial charge in [0.25, 0.3) is 5.91 Å². The maximum atomic E-state index is 12.5. The highest BCUT2D eigenvalue weighted by Gasteiger charge is 2.22. The SMILES string of the molecule is CC1CCCN(C(=O)c2ccc(OCCOC(C)(C)C)nc2)C1. The topological polar surface area (TPSA) is 51.7 Å². The van der Waals surface area contributed by atoms with Gasteiger partial charge in [-0.05, 0) is 45.6 Å². The Bertz CT molecular complexity index is 508. The lowest BCUT2D eigenvalue weighted by Gasteiger charge is -2.30. The fourth-order valence-electron chi connectivity index (χ4n) is 2.64. The van der Waals surface area contributed by atoms with Gasteiger partial charge in [0.1, 0.15) is 6.61 Å². The Morgan fingerprint density at radius 2 is 2.13 bits per heavy atom. The summed E-state index contributed by atoms with van der Waals surface area (Å²) in [6.45, 7) is 10.8. The lowest BCUT2D eigenvalue weighted by Crippen LogP contribution is -2.39. The lowest BCUT2D eigenvalue weighted by atomic mass is 10.00. The summed E-state index contributed by atoms with van der Waals surface area (Å²) >= 11 is 0. The maximum Gasteiger partial charge on any atom is 0.255 e. The number of likely N-dealkylation sites (tertiary alicyclic amines) is 1. The highest BCUT2D eigenvalue weighted by atomic mass is 16.5. The van der Waals surface area contributed by atoms with E-state index in [-0.39, 0.29) is 11.5 Å². The molecule has 1 saturated heterocycles. The van der Waals surface area contributed by atoms with Crippen LogP contribution in [0.2, 0.25) is 0 Å². The van der Waals surface area contributed by atoms with E-state index in [2.05, 4.69) is 11.9 Å². The molecule has 2 heterocycles. The predicted octanol–water partition coefficient (Wildman–Crippen LogP) is 3.15. The zero-order chi connectivity index (χ0) is 16.9. The molecule has 0 aromatic carbocycles. The lowest BCUT2D eigenvalue weighted by molar-refractivity contribution is -0.0168. The van der Waals surface area contributed by atoms with Crippen molar-refractivity contribution in [2.75, 3.05) is 26.3 Å². The minimum absolute atomic E-state index is 0.0617. The first kappa shape index (κ1) is 17.7. The molecule has 1 amide bonds. The summed E-state index contributed by atoms with van der Waals surface area (Å²) < 4.78 is 11.1. The summed E-state index contributed by atoms with van der Waals surface area (Å²) in [4.78, 5) is 18.6. The van der Waals surface area contributed by atoms with Crippen LogP contribution >= 0.6 is 0 Å². The third kappa shape index (κ3) is 5.82. The molecule has 1 aliphatic heterocycles. The molecule has 0 saturated carbocycles. The fourth-order valence-corrected chi connectivity index (χ4v) is 2.64. The van der Waals surface area contributed by atoms with Gasteiger partial charge in [-0.2, -0.15) is 0 Å². The number of piperidine rings is 1. The minimum Gasteiger partial charge on any atom is -0.475 e. The Labute approximate surface area is 139 Å². The number of aromatic nitrogens is 1. The monoisotopic (exact) mass is 320 g/mol. The maximum absolute atomic E-state index is 12.5. The van der Waals surface area contributed by atoms with Crippen LogP contribution in [-0.2, 0) is 4.74 Å². The molecule has 5 heteroatoms. The van der Waals surface area contributed by atoms with Crippen LogP contribution in [0.15, 0.2) is 18.3 Å². The summed E-state index contributed by atoms with van der Waals surface area (Å²) in [5.74, 6) is 1.16. The highest BCUT2D eigenvalue weighted by Crippen LogP contribution is 2.18. The summed E-state index contributed by atoms with van der Waals surface area (Å²) in [6, 6.07) is 3.53. The average Bonchev–Trinajstić information content (AvgIpc) is 2.50. The van der Waals surface area contributed by atoms with Gasteiger partial charge < -0.3 is 14.4 Å². The van der Waals surface area contributed by atoms with E-state index in [1.165, 1.54) is 6.42 Å². The van der Waals surface area contributed by atoms with Gasteiger partial charge in [0.15, 0.2) is 0 Å². The second-order valence-corrected chi connectivity index (χ2v) is 7.19. The van der Waals surface area contributed by atoms with Gasteiger partial charge in [0.2, 0.25) is 5.88 Å². The zero-order valence-corrected chi connectivity index (χ0v) is 14.7. The van der Waals surface area contributed by atoms with Crippen molar-refractivity contribution in [1.82, 2.24) is 9.88 Å². The molecule has 0 N–H and O–H groups in total. The average molecular weight is 320 g/mol. The standard InChI is InChI=1S/C18H28N2O3/c1-14-6-5-9-20(13-14)17(21)15-7-8-16(19-12-15)22-10-11-23-18(2,3)4/h7-8,12,14H,5-6,9-11,13H2,1-4H3. The van der Waals surface area contributed by atoms with Crippen LogP contribution in [0.1, 0.15) is 50.9 Å². The number of carbonyl (C=O) groups is 1. The molecule has 0 aliphatic carbocycles. The number of ether oxygens (including phenoxy) is 2. The van der Waals surface area contributed by atoms with Crippen LogP contribution < -0.4 is 4.74 Å². The third-order valence-corrected chi connectivity index (χ3v) is 3.80. The molecule has 0 bridgehead atoms. The molecule has 1 aromatic rings. The van der Waals surface area contributed by atoms with Gasteiger partial charge in [-0.1, -0.05) is 6.92 Å². The number of pyridine rings is 1. The van der Waals surface area contributed by atoms with Crippen LogP contribution in [0.25, 0.3) is 0 Å². The van der Waals surface area contributed by atoms with Crippen LogP contribution in [0.5, 0.6) is 5.88 Å². The van der Waals surface area contributed by atoms with Crippen LogP contribution in [-0.4, -0.2) is 47.7 Å². The van der Waals surface area contributed by atoms with Gasteiger partial charge in [-0.15, -0.1) is 0 Å². The van der Waals surface area contributed by atoms with E-state index < -0.39 is 0 Å². The van der Waals surface area contributed by atoms with Gasteiger partial charge >= 0.3 is 0 Å². The van der Waals surface area contributed by atoms with E-state index >= 15 is 0 Å². The molecule has 1 aromatic heterocycles. The number of hydrogen-bond donors (Lipinski definition) is 0. The van der Waals surface area contributed by atoms with Gasteiger partial charge in [0, 0.05) is 25.4 Å². The second-order valence-electron chi connectivity index (χ2n) is 7.19. The quantitative estimate of drug-likeness (QED) is 0.782. The van der Waals surface area contributed by atoms with Crippen molar-refractivity contribution < 1.29 is 14.3 Å². The Morgan fingerprint density at radius 1 is 1.35 bits per heavy atom. The summed E-state index contributed by atoms with van der Waals surface area (Å²) in [7, 11) is 0. The van der Waals surface area contributed by atoms with Crippen LogP contribution in [0.3, 0.4) is 0 Å². The molecule has 1 unspecified atom stereocenters. The number of carbonyl (C=O) groups excluding carboxylic acids is 1. The zero-order valence-electron chi connectivity index (χ0n) is 14.7. The smallest absolute Gasteiger partial charge is 0.255 e. The normalized spacial score (nSPS) is 18.8.